The fraction of sp³-hybridized carbons (Fsp3) is 0.267. The van der Waals surface area contributed by atoms with E-state index in [-0.39, 0.29) is 5.56 Å². The van der Waals surface area contributed by atoms with Gasteiger partial charge in [0.05, 0.1) is 12.8 Å². The lowest BCUT2D eigenvalue weighted by Gasteiger charge is -2.07. The van der Waals surface area contributed by atoms with Crippen LogP contribution in [0.4, 0.5) is 0 Å². The van der Waals surface area contributed by atoms with Crippen molar-refractivity contribution in [2.45, 2.75) is 18.5 Å². The van der Waals surface area contributed by atoms with E-state index in [9.17, 15) is 10.1 Å². The average Bonchev–Trinajstić information content (AvgIpc) is 2.52. The van der Waals surface area contributed by atoms with Crippen LogP contribution in [0.2, 0.25) is 0 Å². The summed E-state index contributed by atoms with van der Waals surface area (Å²) in [7, 11) is 1.58. The third-order valence-electron chi connectivity index (χ3n) is 2.82. The molecule has 0 aliphatic heterocycles. The summed E-state index contributed by atoms with van der Waals surface area (Å²) in [5, 5.41) is 9.72. The predicted molar refractivity (Wildman–Crippen MR) is 82.6 cm³/mol. The first kappa shape index (κ1) is 15.1. The smallest absolute Gasteiger partial charge is 0.270 e. The summed E-state index contributed by atoms with van der Waals surface area (Å²) < 4.78 is 5.10. The second kappa shape index (κ2) is 6.95. The minimum atomic E-state index is -0.406. The number of ether oxygens (including phenoxy) is 1. The van der Waals surface area contributed by atoms with E-state index in [0.29, 0.717) is 16.6 Å². The topological polar surface area (TPSA) is 78.8 Å². The maximum Gasteiger partial charge on any atom is 0.270 e. The van der Waals surface area contributed by atoms with Crippen molar-refractivity contribution in [3.8, 4) is 23.1 Å². The molecule has 21 heavy (non-hydrogen) atoms. The molecule has 108 valence electrons. The molecular weight excluding hydrogens is 286 g/mol. The fourth-order valence-electron chi connectivity index (χ4n) is 1.78. The Hall–Kier alpha value is -2.26. The van der Waals surface area contributed by atoms with Gasteiger partial charge >= 0.3 is 0 Å². The maximum absolute atomic E-state index is 12.0. The summed E-state index contributed by atoms with van der Waals surface area (Å²) in [6.07, 6.45) is 0.978. The summed E-state index contributed by atoms with van der Waals surface area (Å²) in [6, 6.07) is 9.05. The minimum absolute atomic E-state index is 0.0287. The maximum atomic E-state index is 12.0. The van der Waals surface area contributed by atoms with E-state index >= 15 is 0 Å². The van der Waals surface area contributed by atoms with Gasteiger partial charge in [-0.3, -0.25) is 4.79 Å². The summed E-state index contributed by atoms with van der Waals surface area (Å²) in [6.45, 7) is 2.05. The van der Waals surface area contributed by atoms with Crippen LogP contribution in [-0.2, 0) is 0 Å². The van der Waals surface area contributed by atoms with Gasteiger partial charge in [-0.05, 0) is 30.7 Å². The van der Waals surface area contributed by atoms with Crippen LogP contribution < -0.4 is 10.3 Å². The first-order chi connectivity index (χ1) is 10.2. The van der Waals surface area contributed by atoms with Crippen LogP contribution in [0, 0.1) is 11.3 Å². The Kier molecular flexibility index (Phi) is 5.01. The Morgan fingerprint density at radius 2 is 2.10 bits per heavy atom. The van der Waals surface area contributed by atoms with Gasteiger partial charge in [-0.1, -0.05) is 18.7 Å². The van der Waals surface area contributed by atoms with Gasteiger partial charge in [0.1, 0.15) is 17.4 Å². The fourth-order valence-corrected chi connectivity index (χ4v) is 2.50. The van der Waals surface area contributed by atoms with E-state index in [4.69, 9.17) is 4.74 Å². The number of aromatic amines is 1. The highest BCUT2D eigenvalue weighted by Crippen LogP contribution is 2.24. The van der Waals surface area contributed by atoms with Gasteiger partial charge < -0.3 is 9.72 Å². The first-order valence-electron chi connectivity index (χ1n) is 6.51. The molecule has 2 rings (SSSR count). The molecule has 0 fully saturated rings. The van der Waals surface area contributed by atoms with Gasteiger partial charge in [0.15, 0.2) is 5.16 Å². The number of nitriles is 1. The molecule has 1 N–H and O–H groups in total. The molecule has 6 heteroatoms. The van der Waals surface area contributed by atoms with Crippen molar-refractivity contribution in [3.63, 3.8) is 0 Å². The van der Waals surface area contributed by atoms with Gasteiger partial charge in [-0.25, -0.2) is 4.98 Å². The molecule has 0 bridgehead atoms. The Morgan fingerprint density at radius 3 is 2.67 bits per heavy atom. The van der Waals surface area contributed by atoms with E-state index in [1.165, 1.54) is 11.8 Å². The molecule has 0 unspecified atom stereocenters. The third kappa shape index (κ3) is 3.44. The van der Waals surface area contributed by atoms with Crippen molar-refractivity contribution >= 4 is 11.8 Å². The standard InChI is InChI=1S/C15H15N3O2S/c1-3-8-21-15-17-13(12(9-16)14(19)18-15)10-4-6-11(20-2)7-5-10/h4-7H,3,8H2,1-2H3,(H,17,18,19). The zero-order valence-corrected chi connectivity index (χ0v) is 12.7. The third-order valence-corrected chi connectivity index (χ3v) is 3.90. The van der Waals surface area contributed by atoms with Gasteiger partial charge in [-0.15, -0.1) is 0 Å². The quantitative estimate of drug-likeness (QED) is 0.678. The average molecular weight is 301 g/mol. The molecule has 1 heterocycles. The van der Waals surface area contributed by atoms with Gasteiger partial charge in [0.2, 0.25) is 0 Å². The van der Waals surface area contributed by atoms with Crippen molar-refractivity contribution in [1.29, 1.82) is 5.26 Å². The van der Waals surface area contributed by atoms with Crippen molar-refractivity contribution in [3.05, 3.63) is 40.2 Å². The lowest BCUT2D eigenvalue weighted by atomic mass is 10.1. The predicted octanol–water partition coefficient (Wildman–Crippen LogP) is 2.82. The molecule has 0 atom stereocenters. The lowest BCUT2D eigenvalue weighted by Crippen LogP contribution is -2.14. The van der Waals surface area contributed by atoms with E-state index < -0.39 is 5.56 Å². The highest BCUT2D eigenvalue weighted by atomic mass is 32.2. The Bertz CT molecular complexity index is 717. The molecule has 0 saturated heterocycles. The highest BCUT2D eigenvalue weighted by Gasteiger charge is 2.13. The number of thioether (sulfide) groups is 1. The van der Waals surface area contributed by atoms with Crippen LogP contribution in [-0.4, -0.2) is 22.8 Å². The van der Waals surface area contributed by atoms with Crippen LogP contribution in [0.25, 0.3) is 11.3 Å². The van der Waals surface area contributed by atoms with E-state index in [0.717, 1.165) is 17.7 Å². The second-order valence-electron chi connectivity index (χ2n) is 4.28. The molecule has 2 aromatic rings. The number of hydrogen-bond acceptors (Lipinski definition) is 5. The van der Waals surface area contributed by atoms with Crippen LogP contribution in [0.3, 0.4) is 0 Å². The number of nitrogens with one attached hydrogen (secondary N) is 1. The largest absolute Gasteiger partial charge is 0.497 e. The number of methoxy groups -OCH3 is 1. The Labute approximate surface area is 127 Å². The van der Waals surface area contributed by atoms with Gasteiger partial charge in [0, 0.05) is 11.3 Å². The first-order valence-corrected chi connectivity index (χ1v) is 7.49. The van der Waals surface area contributed by atoms with E-state index in [1.54, 1.807) is 31.4 Å². The molecular formula is C15H15N3O2S. The van der Waals surface area contributed by atoms with E-state index in [1.807, 2.05) is 6.07 Å². The molecule has 0 radical (unpaired) electrons. The number of rotatable bonds is 5. The SMILES string of the molecule is CCCSc1nc(-c2ccc(OC)cc2)c(C#N)c(=O)[nH]1. The van der Waals surface area contributed by atoms with Crippen LogP contribution in [0.15, 0.2) is 34.2 Å². The second-order valence-corrected chi connectivity index (χ2v) is 5.37. The summed E-state index contributed by atoms with van der Waals surface area (Å²) in [5.74, 6) is 1.57. The number of aromatic nitrogens is 2. The number of nitrogens with zero attached hydrogens (tertiary/aromatic N) is 2. The molecule has 0 spiro atoms. The molecule has 0 amide bonds. The monoisotopic (exact) mass is 301 g/mol. The Morgan fingerprint density at radius 1 is 1.38 bits per heavy atom. The van der Waals surface area contributed by atoms with Crippen LogP contribution in [0.1, 0.15) is 18.9 Å². The number of H-pyrrole nitrogens is 1. The minimum Gasteiger partial charge on any atom is -0.497 e. The normalized spacial score (nSPS) is 10.1. The summed E-state index contributed by atoms with van der Waals surface area (Å²) >= 11 is 1.47. The molecule has 5 nitrogen and oxygen atoms in total. The van der Waals surface area contributed by atoms with Gasteiger partial charge in [0.25, 0.3) is 5.56 Å². The Balaban J connectivity index is 2.51. The zero-order valence-electron chi connectivity index (χ0n) is 11.8. The van der Waals surface area contributed by atoms with E-state index in [2.05, 4.69) is 16.9 Å². The summed E-state index contributed by atoms with van der Waals surface area (Å²) in [5.41, 5.74) is 0.747. The molecule has 0 aliphatic rings. The van der Waals surface area contributed by atoms with Crippen molar-refractivity contribution in [1.82, 2.24) is 9.97 Å². The number of hydrogen-bond donors (Lipinski definition) is 1. The molecule has 0 aliphatic carbocycles. The van der Waals surface area contributed by atoms with Crippen molar-refractivity contribution in [2.75, 3.05) is 12.9 Å². The highest BCUT2D eigenvalue weighted by molar-refractivity contribution is 7.99. The van der Waals surface area contributed by atoms with Crippen molar-refractivity contribution < 1.29 is 4.74 Å². The summed E-state index contributed by atoms with van der Waals surface area (Å²) in [4.78, 5) is 19.1. The van der Waals surface area contributed by atoms with Crippen molar-refractivity contribution in [2.24, 2.45) is 0 Å². The van der Waals surface area contributed by atoms with Crippen LogP contribution in [0.5, 0.6) is 5.75 Å². The molecule has 1 aromatic heterocycles. The van der Waals surface area contributed by atoms with Crippen LogP contribution >= 0.6 is 11.8 Å². The molecule has 1 aromatic carbocycles. The zero-order chi connectivity index (χ0) is 15.2. The van der Waals surface area contributed by atoms with Gasteiger partial charge in [-0.2, -0.15) is 5.26 Å². The molecule has 0 saturated carbocycles. The lowest BCUT2D eigenvalue weighted by molar-refractivity contribution is 0.415. The number of benzene rings is 1.